The average Bonchev–Trinajstić information content (AvgIpc) is 3.26. The quantitative estimate of drug-likeness (QED) is 0.773. The number of halogens is 1. The summed E-state index contributed by atoms with van der Waals surface area (Å²) >= 11 is 5.86. The zero-order valence-electron chi connectivity index (χ0n) is 14.6. The number of carbonyl (C=O) groups excluding carboxylic acids is 1. The molecule has 2 aliphatic rings. The third-order valence-electron chi connectivity index (χ3n) is 5.68. The van der Waals surface area contributed by atoms with Crippen molar-refractivity contribution >= 4 is 29.2 Å². The maximum atomic E-state index is 12.7. The van der Waals surface area contributed by atoms with E-state index in [1.165, 1.54) is 0 Å². The molecule has 2 N–H and O–H groups in total. The van der Waals surface area contributed by atoms with Crippen molar-refractivity contribution in [2.45, 2.75) is 19.3 Å². The van der Waals surface area contributed by atoms with E-state index in [0.717, 1.165) is 19.3 Å². The van der Waals surface area contributed by atoms with Gasteiger partial charge in [-0.25, -0.2) is 0 Å². The van der Waals surface area contributed by atoms with Gasteiger partial charge >= 0.3 is 5.97 Å². The monoisotopic (exact) mass is 385 g/mol. The highest BCUT2D eigenvalue weighted by atomic mass is 35.5. The Morgan fingerprint density at radius 2 is 1.48 bits per heavy atom. The largest absolute Gasteiger partial charge is 0.481 e. The minimum atomic E-state index is -0.853. The molecule has 2 aromatic carbocycles. The number of aliphatic carboxylic acids is 1. The van der Waals surface area contributed by atoms with E-state index in [-0.39, 0.29) is 17.7 Å². The van der Waals surface area contributed by atoms with Crippen LogP contribution in [0, 0.1) is 23.7 Å². The van der Waals surface area contributed by atoms with Crippen LogP contribution in [0.1, 0.15) is 19.3 Å². The van der Waals surface area contributed by atoms with Crippen LogP contribution in [-0.4, -0.2) is 17.0 Å². The van der Waals surface area contributed by atoms with Crippen LogP contribution in [0.5, 0.6) is 11.5 Å². The molecule has 0 unspecified atom stereocenters. The first kappa shape index (κ1) is 17.9. The molecule has 2 aromatic rings. The zero-order chi connectivity index (χ0) is 19.0. The van der Waals surface area contributed by atoms with Crippen molar-refractivity contribution in [2.75, 3.05) is 5.32 Å². The van der Waals surface area contributed by atoms with Gasteiger partial charge in [0.1, 0.15) is 11.5 Å². The van der Waals surface area contributed by atoms with Crippen LogP contribution in [0.15, 0.2) is 48.5 Å². The summed E-state index contributed by atoms with van der Waals surface area (Å²) in [6, 6.07) is 14.1. The Balaban J connectivity index is 1.41. The zero-order valence-corrected chi connectivity index (χ0v) is 15.4. The molecule has 0 aliphatic heterocycles. The summed E-state index contributed by atoms with van der Waals surface area (Å²) in [5.41, 5.74) is 0.635. The standard InChI is InChI=1S/C21H20ClNO4/c22-14-3-7-16(8-4-14)27-17-9-5-15(6-10-17)23-20(24)18-12-1-2-13(11-12)19(18)21(25)26/h3-10,12-13,18-19H,1-2,11H2,(H,23,24)(H,25,26)/t12-,13+,18-,19+/m1/s1. The van der Waals surface area contributed by atoms with Crippen LogP contribution < -0.4 is 10.1 Å². The highest BCUT2D eigenvalue weighted by Crippen LogP contribution is 2.52. The van der Waals surface area contributed by atoms with E-state index in [1.807, 2.05) is 0 Å². The lowest BCUT2D eigenvalue weighted by Crippen LogP contribution is -2.37. The van der Waals surface area contributed by atoms with Gasteiger partial charge in [-0.2, -0.15) is 0 Å². The van der Waals surface area contributed by atoms with Gasteiger partial charge in [-0.3, -0.25) is 9.59 Å². The second-order valence-corrected chi connectivity index (χ2v) is 7.73. The minimum Gasteiger partial charge on any atom is -0.481 e. The topological polar surface area (TPSA) is 75.6 Å². The third kappa shape index (κ3) is 3.65. The Hall–Kier alpha value is -2.53. The smallest absolute Gasteiger partial charge is 0.307 e. The fraction of sp³-hybridized carbons (Fsp3) is 0.333. The summed E-state index contributed by atoms with van der Waals surface area (Å²) in [5.74, 6) is -0.416. The van der Waals surface area contributed by atoms with Gasteiger partial charge in [-0.15, -0.1) is 0 Å². The molecule has 0 spiro atoms. The number of carbonyl (C=O) groups is 2. The van der Waals surface area contributed by atoms with Gasteiger partial charge < -0.3 is 15.2 Å². The van der Waals surface area contributed by atoms with Crippen molar-refractivity contribution in [3.8, 4) is 11.5 Å². The van der Waals surface area contributed by atoms with Crippen molar-refractivity contribution in [2.24, 2.45) is 23.7 Å². The highest BCUT2D eigenvalue weighted by molar-refractivity contribution is 6.30. The van der Waals surface area contributed by atoms with E-state index in [0.29, 0.717) is 22.2 Å². The second-order valence-electron chi connectivity index (χ2n) is 7.29. The number of hydrogen-bond acceptors (Lipinski definition) is 3. The Morgan fingerprint density at radius 1 is 0.926 bits per heavy atom. The molecule has 27 heavy (non-hydrogen) atoms. The summed E-state index contributed by atoms with van der Waals surface area (Å²) in [6.07, 6.45) is 2.71. The Labute approximate surface area is 162 Å². The first-order valence-corrected chi connectivity index (χ1v) is 9.46. The summed E-state index contributed by atoms with van der Waals surface area (Å²) in [7, 11) is 0. The van der Waals surface area contributed by atoms with E-state index in [4.69, 9.17) is 16.3 Å². The SMILES string of the molecule is O=C(Nc1ccc(Oc2ccc(Cl)cc2)cc1)[C@@H]1[C@@H]2CC[C@@H](C2)[C@@H]1C(=O)O. The predicted molar refractivity (Wildman–Crippen MR) is 102 cm³/mol. The number of carboxylic acids is 1. The van der Waals surface area contributed by atoms with Gasteiger partial charge in [0.2, 0.25) is 5.91 Å². The lowest BCUT2D eigenvalue weighted by atomic mass is 9.78. The fourth-order valence-corrected chi connectivity index (χ4v) is 4.62. The molecule has 2 fully saturated rings. The summed E-state index contributed by atoms with van der Waals surface area (Å²) in [4.78, 5) is 24.3. The van der Waals surface area contributed by atoms with E-state index < -0.39 is 17.8 Å². The number of rotatable bonds is 5. The molecular formula is C21H20ClNO4. The first-order chi connectivity index (χ1) is 13.0. The number of benzene rings is 2. The van der Waals surface area contributed by atoms with Gasteiger partial charge in [0.05, 0.1) is 11.8 Å². The van der Waals surface area contributed by atoms with Crippen LogP contribution in [0.4, 0.5) is 5.69 Å². The lowest BCUT2D eigenvalue weighted by Gasteiger charge is -2.27. The maximum Gasteiger partial charge on any atom is 0.307 e. The highest BCUT2D eigenvalue weighted by Gasteiger charge is 2.53. The third-order valence-corrected chi connectivity index (χ3v) is 5.93. The van der Waals surface area contributed by atoms with Crippen LogP contribution in [0.3, 0.4) is 0 Å². The van der Waals surface area contributed by atoms with E-state index in [9.17, 15) is 14.7 Å². The van der Waals surface area contributed by atoms with Gasteiger partial charge in [-0.05, 0) is 79.6 Å². The van der Waals surface area contributed by atoms with Crippen LogP contribution in [0.2, 0.25) is 5.02 Å². The van der Waals surface area contributed by atoms with Crippen molar-refractivity contribution in [1.29, 1.82) is 0 Å². The van der Waals surface area contributed by atoms with Gasteiger partial charge in [0.15, 0.2) is 0 Å². The van der Waals surface area contributed by atoms with Crippen molar-refractivity contribution in [3.63, 3.8) is 0 Å². The molecule has 0 aromatic heterocycles. The van der Waals surface area contributed by atoms with Crippen molar-refractivity contribution < 1.29 is 19.4 Å². The van der Waals surface area contributed by atoms with Gasteiger partial charge in [0.25, 0.3) is 0 Å². The number of amides is 1. The second kappa shape index (κ2) is 7.24. The Kier molecular flexibility index (Phi) is 4.79. The number of nitrogens with one attached hydrogen (secondary N) is 1. The first-order valence-electron chi connectivity index (χ1n) is 9.08. The maximum absolute atomic E-state index is 12.7. The molecule has 4 rings (SSSR count). The molecule has 0 saturated heterocycles. The molecule has 2 saturated carbocycles. The van der Waals surface area contributed by atoms with Crippen LogP contribution in [-0.2, 0) is 9.59 Å². The molecule has 5 nitrogen and oxygen atoms in total. The fourth-order valence-electron chi connectivity index (χ4n) is 4.49. The Morgan fingerprint density at radius 3 is 2.07 bits per heavy atom. The number of hydrogen-bond donors (Lipinski definition) is 2. The summed E-state index contributed by atoms with van der Waals surface area (Å²) in [6.45, 7) is 0. The van der Waals surface area contributed by atoms with Gasteiger partial charge in [-0.1, -0.05) is 11.6 Å². The molecule has 2 aliphatic carbocycles. The number of fused-ring (bicyclic) bond motifs is 2. The summed E-state index contributed by atoms with van der Waals surface area (Å²) < 4.78 is 5.73. The molecular weight excluding hydrogens is 366 g/mol. The molecule has 0 radical (unpaired) electrons. The molecule has 6 heteroatoms. The predicted octanol–water partition coefficient (Wildman–Crippen LogP) is 4.82. The van der Waals surface area contributed by atoms with Crippen molar-refractivity contribution in [3.05, 3.63) is 53.6 Å². The molecule has 2 bridgehead atoms. The van der Waals surface area contributed by atoms with Crippen LogP contribution >= 0.6 is 11.6 Å². The molecule has 0 heterocycles. The summed E-state index contributed by atoms with van der Waals surface area (Å²) in [5, 5.41) is 13.0. The molecule has 1 amide bonds. The van der Waals surface area contributed by atoms with E-state index in [1.54, 1.807) is 48.5 Å². The molecule has 4 atom stereocenters. The Bertz CT molecular complexity index is 849. The van der Waals surface area contributed by atoms with E-state index >= 15 is 0 Å². The normalized spacial score (nSPS) is 26.0. The number of ether oxygens (including phenoxy) is 1. The number of carboxylic acid groups (broad SMARTS) is 1. The average molecular weight is 386 g/mol. The van der Waals surface area contributed by atoms with Crippen LogP contribution in [0.25, 0.3) is 0 Å². The van der Waals surface area contributed by atoms with Crippen molar-refractivity contribution in [1.82, 2.24) is 0 Å². The van der Waals surface area contributed by atoms with Gasteiger partial charge in [0, 0.05) is 10.7 Å². The minimum absolute atomic E-state index is 0.137. The lowest BCUT2D eigenvalue weighted by molar-refractivity contribution is -0.148. The number of anilines is 1. The van der Waals surface area contributed by atoms with E-state index in [2.05, 4.69) is 5.32 Å². The molecule has 140 valence electrons.